The first-order valence-corrected chi connectivity index (χ1v) is 7.08. The van der Waals surface area contributed by atoms with Gasteiger partial charge in [0.15, 0.2) is 5.78 Å². The van der Waals surface area contributed by atoms with E-state index in [4.69, 9.17) is 4.74 Å². The summed E-state index contributed by atoms with van der Waals surface area (Å²) in [4.78, 5) is 11.6. The van der Waals surface area contributed by atoms with Gasteiger partial charge in [-0.3, -0.25) is 4.79 Å². The molecule has 0 unspecified atom stereocenters. The molecule has 0 saturated carbocycles. The Morgan fingerprint density at radius 2 is 2.17 bits per heavy atom. The summed E-state index contributed by atoms with van der Waals surface area (Å²) in [7, 11) is 0. The summed E-state index contributed by atoms with van der Waals surface area (Å²) >= 11 is 1.71. The van der Waals surface area contributed by atoms with Crippen molar-refractivity contribution in [2.45, 2.75) is 19.3 Å². The van der Waals surface area contributed by atoms with Gasteiger partial charge in [-0.2, -0.15) is 11.3 Å². The zero-order valence-corrected chi connectivity index (χ0v) is 10.8. The van der Waals surface area contributed by atoms with Crippen molar-refractivity contribution in [1.29, 1.82) is 0 Å². The number of rotatable bonds is 4. The van der Waals surface area contributed by atoms with E-state index in [9.17, 15) is 4.79 Å². The van der Waals surface area contributed by atoms with Gasteiger partial charge in [0.1, 0.15) is 5.75 Å². The highest BCUT2D eigenvalue weighted by atomic mass is 32.1. The first kappa shape index (κ1) is 11.5. The van der Waals surface area contributed by atoms with Gasteiger partial charge in [0.05, 0.1) is 6.61 Å². The molecule has 1 aliphatic carbocycles. The predicted octanol–water partition coefficient (Wildman–Crippen LogP) is 3.50. The van der Waals surface area contributed by atoms with E-state index in [0.717, 1.165) is 29.7 Å². The average molecular weight is 258 g/mol. The summed E-state index contributed by atoms with van der Waals surface area (Å²) in [6.45, 7) is 0.668. The molecule has 1 aromatic carbocycles. The predicted molar refractivity (Wildman–Crippen MR) is 72.6 cm³/mol. The van der Waals surface area contributed by atoms with Gasteiger partial charge in [-0.25, -0.2) is 0 Å². The molecule has 0 amide bonds. The number of Topliss-reactive ketones (excluding diaryl/α,β-unsaturated/α-hetero) is 1. The topological polar surface area (TPSA) is 26.3 Å². The SMILES string of the molecule is O=C1CCc2c(OCCc3ccsc3)cccc21. The molecule has 3 heteroatoms. The lowest BCUT2D eigenvalue weighted by molar-refractivity contribution is 0.0994. The van der Waals surface area contributed by atoms with Crippen LogP contribution < -0.4 is 4.74 Å². The molecule has 1 aliphatic rings. The zero-order chi connectivity index (χ0) is 12.4. The fraction of sp³-hybridized carbons (Fsp3) is 0.267. The van der Waals surface area contributed by atoms with Gasteiger partial charge in [0.25, 0.3) is 0 Å². The molecule has 2 nitrogen and oxygen atoms in total. The van der Waals surface area contributed by atoms with Gasteiger partial charge in [-0.1, -0.05) is 12.1 Å². The highest BCUT2D eigenvalue weighted by Crippen LogP contribution is 2.30. The van der Waals surface area contributed by atoms with Gasteiger partial charge < -0.3 is 4.74 Å². The van der Waals surface area contributed by atoms with Crippen LogP contribution in [0.25, 0.3) is 0 Å². The van der Waals surface area contributed by atoms with Crippen molar-refractivity contribution >= 4 is 17.1 Å². The fourth-order valence-corrected chi connectivity index (χ4v) is 3.01. The van der Waals surface area contributed by atoms with E-state index in [1.54, 1.807) is 11.3 Å². The van der Waals surface area contributed by atoms with Gasteiger partial charge in [-0.15, -0.1) is 0 Å². The molecule has 0 radical (unpaired) electrons. The number of benzene rings is 1. The van der Waals surface area contributed by atoms with Crippen molar-refractivity contribution in [3.05, 3.63) is 51.7 Å². The number of hydrogen-bond donors (Lipinski definition) is 0. The van der Waals surface area contributed by atoms with Crippen LogP contribution in [-0.4, -0.2) is 12.4 Å². The molecule has 0 fully saturated rings. The van der Waals surface area contributed by atoms with E-state index in [-0.39, 0.29) is 5.78 Å². The van der Waals surface area contributed by atoms with Crippen molar-refractivity contribution in [2.75, 3.05) is 6.61 Å². The molecule has 0 bridgehead atoms. The maximum Gasteiger partial charge on any atom is 0.163 e. The third-order valence-electron chi connectivity index (χ3n) is 3.26. The molecule has 2 aromatic rings. The Labute approximate surface area is 110 Å². The lowest BCUT2D eigenvalue weighted by atomic mass is 10.1. The Morgan fingerprint density at radius 1 is 1.22 bits per heavy atom. The van der Waals surface area contributed by atoms with Crippen molar-refractivity contribution in [1.82, 2.24) is 0 Å². The number of hydrogen-bond acceptors (Lipinski definition) is 3. The maximum atomic E-state index is 11.6. The number of thiophene rings is 1. The van der Waals surface area contributed by atoms with Crippen molar-refractivity contribution in [3.63, 3.8) is 0 Å². The van der Waals surface area contributed by atoms with Gasteiger partial charge in [-0.05, 0) is 34.9 Å². The highest BCUT2D eigenvalue weighted by Gasteiger charge is 2.22. The number of carbonyl (C=O) groups excluding carboxylic acids is 1. The van der Waals surface area contributed by atoms with Gasteiger partial charge >= 0.3 is 0 Å². The van der Waals surface area contributed by atoms with Crippen LogP contribution in [0.15, 0.2) is 35.0 Å². The molecule has 18 heavy (non-hydrogen) atoms. The molecule has 0 atom stereocenters. The molecule has 1 heterocycles. The monoisotopic (exact) mass is 258 g/mol. The zero-order valence-electron chi connectivity index (χ0n) is 10.0. The third-order valence-corrected chi connectivity index (χ3v) is 4.00. The Morgan fingerprint density at radius 3 is 3.00 bits per heavy atom. The smallest absolute Gasteiger partial charge is 0.163 e. The van der Waals surface area contributed by atoms with E-state index in [1.807, 2.05) is 18.2 Å². The summed E-state index contributed by atoms with van der Waals surface area (Å²) in [5.41, 5.74) is 3.25. The van der Waals surface area contributed by atoms with Crippen LogP contribution in [0, 0.1) is 0 Å². The number of ether oxygens (including phenoxy) is 1. The Balaban J connectivity index is 1.68. The molecule has 1 aromatic heterocycles. The first-order chi connectivity index (χ1) is 8.84. The minimum Gasteiger partial charge on any atom is -0.493 e. The summed E-state index contributed by atoms with van der Waals surface area (Å²) in [5.74, 6) is 1.13. The summed E-state index contributed by atoms with van der Waals surface area (Å²) in [6, 6.07) is 7.89. The number of fused-ring (bicyclic) bond motifs is 1. The van der Waals surface area contributed by atoms with Crippen molar-refractivity contribution in [2.24, 2.45) is 0 Å². The van der Waals surface area contributed by atoms with Gasteiger partial charge in [0, 0.05) is 24.0 Å². The molecular formula is C15H14O2S. The Kier molecular flexibility index (Phi) is 3.15. The molecule has 0 saturated heterocycles. The summed E-state index contributed by atoms with van der Waals surface area (Å²) in [6.07, 6.45) is 2.37. The second kappa shape index (κ2) is 4.94. The van der Waals surface area contributed by atoms with E-state index in [1.165, 1.54) is 5.56 Å². The Hall–Kier alpha value is -1.61. The third kappa shape index (κ3) is 2.18. The van der Waals surface area contributed by atoms with Crippen LogP contribution in [0.1, 0.15) is 27.9 Å². The van der Waals surface area contributed by atoms with E-state index < -0.39 is 0 Å². The lowest BCUT2D eigenvalue weighted by Crippen LogP contribution is -2.03. The van der Waals surface area contributed by atoms with Gasteiger partial charge in [0.2, 0.25) is 0 Å². The fourth-order valence-electron chi connectivity index (χ4n) is 2.31. The van der Waals surface area contributed by atoms with Crippen LogP contribution in [0.3, 0.4) is 0 Å². The minimum absolute atomic E-state index is 0.244. The van der Waals surface area contributed by atoms with E-state index in [2.05, 4.69) is 16.8 Å². The van der Waals surface area contributed by atoms with Crippen molar-refractivity contribution < 1.29 is 9.53 Å². The van der Waals surface area contributed by atoms with Crippen LogP contribution in [0.4, 0.5) is 0 Å². The molecular weight excluding hydrogens is 244 g/mol. The second-order valence-corrected chi connectivity index (χ2v) is 5.22. The van der Waals surface area contributed by atoms with E-state index >= 15 is 0 Å². The van der Waals surface area contributed by atoms with Crippen LogP contribution in [0.2, 0.25) is 0 Å². The molecule has 3 rings (SSSR count). The van der Waals surface area contributed by atoms with Crippen LogP contribution >= 0.6 is 11.3 Å². The first-order valence-electron chi connectivity index (χ1n) is 6.13. The second-order valence-electron chi connectivity index (χ2n) is 4.44. The van der Waals surface area contributed by atoms with E-state index in [0.29, 0.717) is 13.0 Å². The van der Waals surface area contributed by atoms with Crippen LogP contribution in [0.5, 0.6) is 5.75 Å². The normalized spacial score (nSPS) is 13.7. The quantitative estimate of drug-likeness (QED) is 0.839. The Bertz CT molecular complexity index is 558. The molecule has 92 valence electrons. The largest absolute Gasteiger partial charge is 0.493 e. The highest BCUT2D eigenvalue weighted by molar-refractivity contribution is 7.07. The maximum absolute atomic E-state index is 11.6. The number of carbonyl (C=O) groups is 1. The molecule has 0 aliphatic heterocycles. The van der Waals surface area contributed by atoms with Crippen molar-refractivity contribution in [3.8, 4) is 5.75 Å². The molecule has 0 N–H and O–H groups in total. The average Bonchev–Trinajstić information content (AvgIpc) is 3.01. The summed E-state index contributed by atoms with van der Waals surface area (Å²) in [5, 5.41) is 4.22. The lowest BCUT2D eigenvalue weighted by Gasteiger charge is -2.09. The molecule has 0 spiro atoms. The minimum atomic E-state index is 0.244. The van der Waals surface area contributed by atoms with Crippen LogP contribution in [-0.2, 0) is 12.8 Å². The summed E-state index contributed by atoms with van der Waals surface area (Å²) < 4.78 is 5.82. The standard InChI is InChI=1S/C15H14O2S/c16-14-5-4-13-12(14)2-1-3-15(13)17-8-6-11-7-9-18-10-11/h1-3,7,9-10H,4-6,8H2. The number of ketones is 1.